The molecule has 0 saturated carbocycles. The Kier molecular flexibility index (Phi) is 12.7. The number of benzene rings is 1. The summed E-state index contributed by atoms with van der Waals surface area (Å²) in [4.78, 5) is 27.4. The molecule has 2 aliphatic heterocycles. The van der Waals surface area contributed by atoms with Crippen molar-refractivity contribution < 1.29 is 18.0 Å². The van der Waals surface area contributed by atoms with Gasteiger partial charge in [-0.15, -0.1) is 0 Å². The van der Waals surface area contributed by atoms with Crippen molar-refractivity contribution in [2.45, 2.75) is 98.6 Å². The maximum atomic E-state index is 13.5. The van der Waals surface area contributed by atoms with E-state index in [1.165, 1.54) is 11.1 Å². The highest BCUT2D eigenvalue weighted by Gasteiger charge is 2.31. The number of carbonyl (C=O) groups is 1. The number of carbonyl (C=O) groups excluding carboxylic acids is 1. The molecule has 3 aromatic rings. The molecule has 5 rings (SSSR count). The monoisotopic (exact) mass is 721 g/mol. The SMILES string of the molecule is CCC(C)/C(=C\c1c(C)nc(C)nc1NC1CCN(Cc2ccc3c(cc(C#N)n3C[C@H](C)N3CCN(CC(N)=O)CC3)c2C)CC1)CC(F)(F)F. The zero-order valence-corrected chi connectivity index (χ0v) is 31.5. The number of piperidine rings is 1. The van der Waals surface area contributed by atoms with Crippen LogP contribution in [-0.2, 0) is 17.9 Å². The fraction of sp³-hybridized carbons (Fsp3) is 0.590. The van der Waals surface area contributed by atoms with Crippen molar-refractivity contribution in [3.63, 3.8) is 0 Å². The molecule has 2 aliphatic rings. The number of rotatable bonds is 13. The molecule has 1 aromatic carbocycles. The molecule has 2 atom stereocenters. The Morgan fingerprint density at radius 2 is 1.77 bits per heavy atom. The molecule has 4 heterocycles. The number of fused-ring (bicyclic) bond motifs is 1. The van der Waals surface area contributed by atoms with Crippen molar-refractivity contribution in [2.75, 3.05) is 51.1 Å². The molecule has 0 bridgehead atoms. The van der Waals surface area contributed by atoms with E-state index in [1.54, 1.807) is 6.08 Å². The van der Waals surface area contributed by atoms with Crippen LogP contribution in [0.5, 0.6) is 0 Å². The van der Waals surface area contributed by atoms with Crippen molar-refractivity contribution in [2.24, 2.45) is 11.7 Å². The molecule has 10 nitrogen and oxygen atoms in total. The van der Waals surface area contributed by atoms with E-state index >= 15 is 0 Å². The predicted molar refractivity (Wildman–Crippen MR) is 200 cm³/mol. The lowest BCUT2D eigenvalue weighted by molar-refractivity contribution is -0.128. The predicted octanol–water partition coefficient (Wildman–Crippen LogP) is 6.18. The Morgan fingerprint density at radius 3 is 2.38 bits per heavy atom. The number of aryl methyl sites for hydroxylation is 3. The van der Waals surface area contributed by atoms with Crippen LogP contribution in [0.15, 0.2) is 23.8 Å². The number of alkyl halides is 3. The van der Waals surface area contributed by atoms with Crippen LogP contribution in [0.1, 0.15) is 80.4 Å². The largest absolute Gasteiger partial charge is 0.392 e. The molecule has 0 aliphatic carbocycles. The van der Waals surface area contributed by atoms with Gasteiger partial charge in [0.05, 0.1) is 18.7 Å². The van der Waals surface area contributed by atoms with Gasteiger partial charge in [-0.25, -0.2) is 9.97 Å². The van der Waals surface area contributed by atoms with E-state index in [-0.39, 0.29) is 30.5 Å². The van der Waals surface area contributed by atoms with E-state index in [9.17, 15) is 23.2 Å². The molecule has 282 valence electrons. The zero-order chi connectivity index (χ0) is 37.7. The number of piperazine rings is 1. The number of allylic oxidation sites excluding steroid dienone is 1. The van der Waals surface area contributed by atoms with E-state index in [2.05, 4.69) is 66.6 Å². The van der Waals surface area contributed by atoms with Gasteiger partial charge in [0.1, 0.15) is 23.4 Å². The van der Waals surface area contributed by atoms with Crippen LogP contribution >= 0.6 is 0 Å². The van der Waals surface area contributed by atoms with Crippen LogP contribution in [0, 0.1) is 38.0 Å². The normalized spacial score (nSPS) is 18.4. The molecule has 13 heteroatoms. The van der Waals surface area contributed by atoms with Gasteiger partial charge in [-0.3, -0.25) is 19.5 Å². The number of halogens is 3. The fourth-order valence-corrected chi connectivity index (χ4v) is 7.66. The highest BCUT2D eigenvalue weighted by Crippen LogP contribution is 2.34. The number of nitriles is 1. The first-order valence-electron chi connectivity index (χ1n) is 18.5. The number of nitrogens with two attached hydrogens (primary N) is 1. The minimum atomic E-state index is -4.29. The van der Waals surface area contributed by atoms with Crippen LogP contribution in [0.25, 0.3) is 17.0 Å². The summed E-state index contributed by atoms with van der Waals surface area (Å²) in [5, 5.41) is 14.8. The van der Waals surface area contributed by atoms with Crippen molar-refractivity contribution >= 4 is 28.7 Å². The lowest BCUT2D eigenvalue weighted by Crippen LogP contribution is -2.52. The highest BCUT2D eigenvalue weighted by atomic mass is 19.4. The number of anilines is 1. The molecular formula is C39H54F3N9O. The number of amides is 1. The molecule has 0 spiro atoms. The maximum absolute atomic E-state index is 13.5. The first-order chi connectivity index (χ1) is 24.6. The van der Waals surface area contributed by atoms with E-state index < -0.39 is 12.6 Å². The molecular weight excluding hydrogens is 667 g/mol. The Bertz CT molecular complexity index is 1790. The van der Waals surface area contributed by atoms with Gasteiger partial charge >= 0.3 is 6.18 Å². The van der Waals surface area contributed by atoms with E-state index in [0.29, 0.717) is 47.1 Å². The first-order valence-corrected chi connectivity index (χ1v) is 18.5. The molecule has 0 radical (unpaired) electrons. The molecule has 2 fully saturated rings. The molecule has 52 heavy (non-hydrogen) atoms. The number of primary amides is 1. The standard InChI is InChI=1S/C39H54F3N9O/c1-7-25(2)31(20-39(40,41)42)18-35-28(5)45-29(6)46-38(35)47-32-10-12-48(13-11-32)23-30-8-9-36-34(27(30)4)19-33(21-43)51(36)22-26(3)50-16-14-49(15-17-50)24-37(44)52/h8-9,18-19,25-26,32H,7,10-17,20,22-24H2,1-6H3,(H2,44,52)(H,45,46,47)/b31-18-/t25?,26-/m0/s1. The molecule has 3 N–H and O–H groups in total. The zero-order valence-electron chi connectivity index (χ0n) is 31.5. The van der Waals surface area contributed by atoms with Crippen LogP contribution in [-0.4, -0.2) is 99.2 Å². The van der Waals surface area contributed by atoms with E-state index in [4.69, 9.17) is 5.73 Å². The van der Waals surface area contributed by atoms with Gasteiger partial charge in [-0.05, 0) is 82.2 Å². The lowest BCUT2D eigenvalue weighted by Gasteiger charge is -2.37. The second kappa shape index (κ2) is 16.8. The van der Waals surface area contributed by atoms with E-state index in [0.717, 1.165) is 69.6 Å². The summed E-state index contributed by atoms with van der Waals surface area (Å²) in [7, 11) is 0. The minimum Gasteiger partial charge on any atom is -0.369 e. The van der Waals surface area contributed by atoms with Crippen molar-refractivity contribution in [3.05, 3.63) is 57.7 Å². The summed E-state index contributed by atoms with van der Waals surface area (Å²) < 4.78 is 42.6. The number of hydrogen-bond donors (Lipinski definition) is 2. The highest BCUT2D eigenvalue weighted by molar-refractivity contribution is 5.86. The summed E-state index contributed by atoms with van der Waals surface area (Å²) in [5.74, 6) is 0.677. The van der Waals surface area contributed by atoms with Crippen molar-refractivity contribution in [1.82, 2.24) is 29.2 Å². The number of likely N-dealkylation sites (tertiary alicyclic amines) is 1. The number of nitrogens with one attached hydrogen (secondary N) is 1. The lowest BCUT2D eigenvalue weighted by atomic mass is 9.93. The second-order valence-corrected chi connectivity index (χ2v) is 14.8. The maximum Gasteiger partial charge on any atom is 0.392 e. The Labute approximate surface area is 305 Å². The van der Waals surface area contributed by atoms with Gasteiger partial charge in [-0.2, -0.15) is 18.4 Å². The fourth-order valence-electron chi connectivity index (χ4n) is 7.66. The molecule has 1 amide bonds. The van der Waals surface area contributed by atoms with Crippen molar-refractivity contribution in [3.8, 4) is 6.07 Å². The third-order valence-corrected chi connectivity index (χ3v) is 11.0. The average molecular weight is 722 g/mol. The summed E-state index contributed by atoms with van der Waals surface area (Å²) in [6.45, 7) is 18.5. The van der Waals surface area contributed by atoms with Crippen LogP contribution in [0.4, 0.5) is 19.0 Å². The third kappa shape index (κ3) is 9.70. The van der Waals surface area contributed by atoms with Gasteiger partial charge in [0, 0.05) is 80.9 Å². The van der Waals surface area contributed by atoms with Gasteiger partial charge in [0.2, 0.25) is 5.91 Å². The van der Waals surface area contributed by atoms with Gasteiger partial charge in [0.25, 0.3) is 0 Å². The average Bonchev–Trinajstić information content (AvgIpc) is 3.44. The van der Waals surface area contributed by atoms with Gasteiger partial charge < -0.3 is 15.6 Å². The Balaban J connectivity index is 1.24. The quantitative estimate of drug-likeness (QED) is 0.215. The van der Waals surface area contributed by atoms with E-state index in [1.807, 2.05) is 33.8 Å². The van der Waals surface area contributed by atoms with Crippen molar-refractivity contribution in [1.29, 1.82) is 5.26 Å². The first kappa shape index (κ1) is 39.2. The van der Waals surface area contributed by atoms with Gasteiger partial charge in [0.15, 0.2) is 0 Å². The molecule has 2 saturated heterocycles. The Morgan fingerprint density at radius 1 is 1.08 bits per heavy atom. The number of hydrogen-bond acceptors (Lipinski definition) is 8. The summed E-state index contributed by atoms with van der Waals surface area (Å²) in [5.41, 5.74) is 11.2. The molecule has 1 unspecified atom stereocenters. The summed E-state index contributed by atoms with van der Waals surface area (Å²) >= 11 is 0. The van der Waals surface area contributed by atoms with Gasteiger partial charge in [-0.1, -0.05) is 25.5 Å². The topological polar surface area (TPSA) is 119 Å². The summed E-state index contributed by atoms with van der Waals surface area (Å²) in [6, 6.07) is 9.12. The molecule has 2 aromatic heterocycles. The smallest absolute Gasteiger partial charge is 0.369 e. The van der Waals surface area contributed by atoms with Crippen LogP contribution in [0.3, 0.4) is 0 Å². The number of nitrogens with zero attached hydrogens (tertiary/aromatic N) is 7. The second-order valence-electron chi connectivity index (χ2n) is 14.8. The van der Waals surface area contributed by atoms with Crippen LogP contribution in [0.2, 0.25) is 0 Å². The summed E-state index contributed by atoms with van der Waals surface area (Å²) in [6.07, 6.45) is -1.21. The Hall–Kier alpha value is -3.99. The van der Waals surface area contributed by atoms with Crippen LogP contribution < -0.4 is 11.1 Å². The minimum absolute atomic E-state index is 0.135. The number of aromatic nitrogens is 3. The third-order valence-electron chi connectivity index (χ3n) is 11.0.